The molecule has 0 aromatic carbocycles. The van der Waals surface area contributed by atoms with Crippen molar-refractivity contribution in [2.75, 3.05) is 13.7 Å². The van der Waals surface area contributed by atoms with Gasteiger partial charge in [-0.2, -0.15) is 0 Å². The van der Waals surface area contributed by atoms with Crippen LogP contribution in [0.15, 0.2) is 11.8 Å². The first kappa shape index (κ1) is 16.4. The summed E-state index contributed by atoms with van der Waals surface area (Å²) < 4.78 is 4.65. The Hall–Kier alpha value is -1.03. The van der Waals surface area contributed by atoms with E-state index >= 15 is 0 Å². The first-order valence-electron chi connectivity index (χ1n) is 5.09. The molecule has 89 valence electrons. The van der Waals surface area contributed by atoms with Gasteiger partial charge in [-0.05, 0) is 12.3 Å². The van der Waals surface area contributed by atoms with Gasteiger partial charge in [0.25, 0.3) is 0 Å². The molecule has 0 atom stereocenters. The summed E-state index contributed by atoms with van der Waals surface area (Å²) in [6, 6.07) is 0. The Labute approximate surface area is 92.1 Å². The van der Waals surface area contributed by atoms with Gasteiger partial charge in [0.1, 0.15) is 0 Å². The first-order valence-corrected chi connectivity index (χ1v) is 5.09. The Kier molecular flexibility index (Phi) is 12.1. The molecule has 0 heterocycles. The molecule has 4 heteroatoms. The Morgan fingerprint density at radius 3 is 2.13 bits per heavy atom. The fourth-order valence-electron chi connectivity index (χ4n) is 0.652. The lowest BCUT2D eigenvalue weighted by molar-refractivity contribution is -0.114. The van der Waals surface area contributed by atoms with Crippen molar-refractivity contribution >= 4 is 5.91 Å². The molecular weight excluding hydrogens is 194 g/mol. The van der Waals surface area contributed by atoms with Crippen LogP contribution >= 0.6 is 0 Å². The van der Waals surface area contributed by atoms with Crippen LogP contribution < -0.4 is 5.73 Å². The molecule has 0 unspecified atom stereocenters. The van der Waals surface area contributed by atoms with Gasteiger partial charge in [0.2, 0.25) is 5.91 Å². The molecule has 0 fully saturated rings. The average molecular weight is 216 g/mol. The standard InChI is InChI=1S/C7H13NO2.C4H9O/c1-3-4-6(5-10-2)7(8)9;1-4(2)3-5/h5H,3-4H2,1-2H3,(H2,8,9);4H,3H2,1-2H3. The lowest BCUT2D eigenvalue weighted by atomic mass is 10.2. The number of hydrogen-bond donors (Lipinski definition) is 1. The Morgan fingerprint density at radius 2 is 1.93 bits per heavy atom. The van der Waals surface area contributed by atoms with Crippen molar-refractivity contribution in [1.82, 2.24) is 0 Å². The number of primary amides is 1. The Bertz CT molecular complexity index is 188. The van der Waals surface area contributed by atoms with Crippen molar-refractivity contribution in [3.63, 3.8) is 0 Å². The van der Waals surface area contributed by atoms with E-state index in [1.54, 1.807) is 0 Å². The van der Waals surface area contributed by atoms with Crippen molar-refractivity contribution in [3.05, 3.63) is 11.8 Å². The van der Waals surface area contributed by atoms with E-state index in [1.807, 2.05) is 20.8 Å². The van der Waals surface area contributed by atoms with E-state index in [9.17, 15) is 9.90 Å². The lowest BCUT2D eigenvalue weighted by Gasteiger charge is -1.98. The highest BCUT2D eigenvalue weighted by atomic mass is 16.5. The third kappa shape index (κ3) is 13.0. The van der Waals surface area contributed by atoms with Gasteiger partial charge in [-0.3, -0.25) is 4.79 Å². The maximum Gasteiger partial charge on any atom is 0.247 e. The van der Waals surface area contributed by atoms with Crippen molar-refractivity contribution in [3.8, 4) is 0 Å². The van der Waals surface area contributed by atoms with Crippen molar-refractivity contribution < 1.29 is 14.6 Å². The average Bonchev–Trinajstić information content (AvgIpc) is 2.18. The fraction of sp³-hybridized carbons (Fsp3) is 0.727. The molecule has 1 amide bonds. The molecule has 0 aliphatic carbocycles. The van der Waals surface area contributed by atoms with E-state index in [1.165, 1.54) is 13.4 Å². The van der Waals surface area contributed by atoms with Gasteiger partial charge in [-0.25, -0.2) is 5.11 Å². The van der Waals surface area contributed by atoms with Gasteiger partial charge in [0.05, 0.1) is 25.6 Å². The van der Waals surface area contributed by atoms with Crippen LogP contribution in [0, 0.1) is 5.92 Å². The maximum atomic E-state index is 10.6. The molecule has 0 spiro atoms. The second kappa shape index (κ2) is 11.0. The number of hydrogen-bond acceptors (Lipinski definition) is 2. The Balaban J connectivity index is 0. The van der Waals surface area contributed by atoms with Crippen LogP contribution in [0.3, 0.4) is 0 Å². The van der Waals surface area contributed by atoms with Crippen LogP contribution in [-0.2, 0) is 14.6 Å². The largest absolute Gasteiger partial charge is 0.504 e. The second-order valence-corrected chi connectivity index (χ2v) is 3.55. The quantitative estimate of drug-likeness (QED) is 0.563. The van der Waals surface area contributed by atoms with E-state index in [-0.39, 0.29) is 6.61 Å². The third-order valence-electron chi connectivity index (χ3n) is 1.43. The molecule has 2 N–H and O–H groups in total. The zero-order valence-electron chi connectivity index (χ0n) is 10.1. The predicted octanol–water partition coefficient (Wildman–Crippen LogP) is 1.88. The monoisotopic (exact) mass is 216 g/mol. The summed E-state index contributed by atoms with van der Waals surface area (Å²) in [5.74, 6) is -0.0706. The molecule has 0 saturated carbocycles. The minimum atomic E-state index is -0.399. The highest BCUT2D eigenvalue weighted by molar-refractivity contribution is 5.91. The van der Waals surface area contributed by atoms with E-state index in [0.29, 0.717) is 17.9 Å². The van der Waals surface area contributed by atoms with E-state index in [0.717, 1.165) is 6.42 Å². The van der Waals surface area contributed by atoms with Crippen molar-refractivity contribution in [1.29, 1.82) is 0 Å². The summed E-state index contributed by atoms with van der Waals surface area (Å²) >= 11 is 0. The topological polar surface area (TPSA) is 72.2 Å². The summed E-state index contributed by atoms with van der Waals surface area (Å²) in [4.78, 5) is 10.6. The van der Waals surface area contributed by atoms with Gasteiger partial charge in [-0.1, -0.05) is 27.2 Å². The number of carbonyl (C=O) groups is 1. The van der Waals surface area contributed by atoms with E-state index < -0.39 is 5.91 Å². The SMILES string of the molecule is CC(C)C[O].CCCC(=COC)C(N)=O. The lowest BCUT2D eigenvalue weighted by Crippen LogP contribution is -2.13. The molecule has 0 aromatic rings. The molecule has 15 heavy (non-hydrogen) atoms. The van der Waals surface area contributed by atoms with Gasteiger partial charge >= 0.3 is 0 Å². The highest BCUT2D eigenvalue weighted by Gasteiger charge is 2.01. The second-order valence-electron chi connectivity index (χ2n) is 3.55. The number of methoxy groups -OCH3 is 1. The van der Waals surface area contributed by atoms with Gasteiger partial charge in [0, 0.05) is 0 Å². The summed E-state index contributed by atoms with van der Waals surface area (Å²) in [7, 11) is 1.50. The van der Waals surface area contributed by atoms with E-state index in [2.05, 4.69) is 4.74 Å². The fourth-order valence-corrected chi connectivity index (χ4v) is 0.652. The molecule has 0 bridgehead atoms. The van der Waals surface area contributed by atoms with Crippen LogP contribution in [0.1, 0.15) is 33.6 Å². The molecule has 0 saturated heterocycles. The van der Waals surface area contributed by atoms with Gasteiger partial charge in [0.15, 0.2) is 0 Å². The molecular formula is C11H22NO3. The summed E-state index contributed by atoms with van der Waals surface area (Å²) in [6.45, 7) is 5.85. The minimum absolute atomic E-state index is 0.0556. The number of rotatable bonds is 5. The number of amides is 1. The molecule has 0 aromatic heterocycles. The zero-order valence-corrected chi connectivity index (χ0v) is 10.1. The maximum absolute atomic E-state index is 10.6. The Morgan fingerprint density at radius 1 is 1.47 bits per heavy atom. The first-order chi connectivity index (χ1) is 6.99. The van der Waals surface area contributed by atoms with Gasteiger partial charge < -0.3 is 10.5 Å². The smallest absolute Gasteiger partial charge is 0.247 e. The molecule has 0 rings (SSSR count). The van der Waals surface area contributed by atoms with Crippen LogP contribution in [-0.4, -0.2) is 19.6 Å². The summed E-state index contributed by atoms with van der Waals surface area (Å²) in [5.41, 5.74) is 5.57. The zero-order chi connectivity index (χ0) is 12.3. The van der Waals surface area contributed by atoms with Crippen LogP contribution in [0.2, 0.25) is 0 Å². The van der Waals surface area contributed by atoms with Gasteiger partial charge in [-0.15, -0.1) is 0 Å². The molecule has 1 radical (unpaired) electrons. The number of ether oxygens (including phenoxy) is 1. The van der Waals surface area contributed by atoms with E-state index in [4.69, 9.17) is 5.73 Å². The normalized spacial score (nSPS) is 10.7. The predicted molar refractivity (Wildman–Crippen MR) is 59.6 cm³/mol. The molecule has 4 nitrogen and oxygen atoms in total. The van der Waals surface area contributed by atoms with Crippen LogP contribution in [0.4, 0.5) is 0 Å². The van der Waals surface area contributed by atoms with Crippen LogP contribution in [0.25, 0.3) is 0 Å². The van der Waals surface area contributed by atoms with Crippen molar-refractivity contribution in [2.45, 2.75) is 33.6 Å². The number of nitrogens with two attached hydrogens (primary N) is 1. The third-order valence-corrected chi connectivity index (χ3v) is 1.43. The number of carbonyl (C=O) groups excluding carboxylic acids is 1. The summed E-state index contributed by atoms with van der Waals surface area (Å²) in [6.07, 6.45) is 2.98. The summed E-state index contributed by atoms with van der Waals surface area (Å²) in [5, 5.41) is 9.63. The molecule has 0 aliphatic heterocycles. The minimum Gasteiger partial charge on any atom is -0.504 e. The highest BCUT2D eigenvalue weighted by Crippen LogP contribution is 2.02. The van der Waals surface area contributed by atoms with Crippen LogP contribution in [0.5, 0.6) is 0 Å². The molecule has 0 aliphatic rings. The van der Waals surface area contributed by atoms with Crippen molar-refractivity contribution in [2.24, 2.45) is 11.7 Å².